The third kappa shape index (κ3) is 2.73. The first kappa shape index (κ1) is 13.1. The number of anilines is 1. The molecule has 0 radical (unpaired) electrons. The van der Waals surface area contributed by atoms with Gasteiger partial charge in [-0.1, -0.05) is 0 Å². The molecule has 3 nitrogen and oxygen atoms in total. The van der Waals surface area contributed by atoms with Crippen molar-refractivity contribution in [2.45, 2.75) is 6.92 Å². The number of benzene rings is 1. The molecule has 0 fully saturated rings. The minimum atomic E-state index is -1.67. The minimum Gasteiger partial charge on any atom is -0.320 e. The van der Waals surface area contributed by atoms with Crippen molar-refractivity contribution in [1.82, 2.24) is 4.98 Å². The van der Waals surface area contributed by atoms with Crippen molar-refractivity contribution >= 4 is 11.6 Å². The van der Waals surface area contributed by atoms with Gasteiger partial charge in [-0.15, -0.1) is 0 Å². The molecule has 19 heavy (non-hydrogen) atoms. The first-order valence-electron chi connectivity index (χ1n) is 5.35. The smallest absolute Gasteiger partial charge is 0.258 e. The number of nitrogens with one attached hydrogen (secondary N) is 1. The minimum absolute atomic E-state index is 0.342. The largest absolute Gasteiger partial charge is 0.320 e. The van der Waals surface area contributed by atoms with Crippen LogP contribution in [0.4, 0.5) is 18.9 Å². The number of aromatic nitrogens is 1. The van der Waals surface area contributed by atoms with Gasteiger partial charge in [0.2, 0.25) is 0 Å². The highest BCUT2D eigenvalue weighted by atomic mass is 19.2. The van der Waals surface area contributed by atoms with Crippen LogP contribution in [0.5, 0.6) is 0 Å². The second kappa shape index (κ2) is 5.09. The molecule has 1 aromatic carbocycles. The van der Waals surface area contributed by atoms with E-state index in [4.69, 9.17) is 0 Å². The Morgan fingerprint density at radius 3 is 2.58 bits per heavy atom. The zero-order chi connectivity index (χ0) is 14.0. The lowest BCUT2D eigenvalue weighted by Gasteiger charge is -2.07. The van der Waals surface area contributed by atoms with Crippen LogP contribution in [0.1, 0.15) is 15.9 Å². The van der Waals surface area contributed by atoms with Gasteiger partial charge < -0.3 is 5.32 Å². The van der Waals surface area contributed by atoms with Crippen molar-refractivity contribution in [1.29, 1.82) is 0 Å². The average Bonchev–Trinajstić information content (AvgIpc) is 2.36. The second-order valence-corrected chi connectivity index (χ2v) is 3.93. The summed E-state index contributed by atoms with van der Waals surface area (Å²) in [5, 5.41) is 2.36. The number of pyridine rings is 1. The predicted octanol–water partition coefficient (Wildman–Crippen LogP) is 3.06. The van der Waals surface area contributed by atoms with E-state index in [0.29, 0.717) is 11.8 Å². The number of halogens is 3. The van der Waals surface area contributed by atoms with E-state index < -0.39 is 28.9 Å². The number of hydrogen-bond acceptors (Lipinski definition) is 2. The monoisotopic (exact) mass is 266 g/mol. The summed E-state index contributed by atoms with van der Waals surface area (Å²) in [7, 11) is 0. The Balaban J connectivity index is 2.28. The fourth-order valence-corrected chi connectivity index (χ4v) is 1.52. The molecular weight excluding hydrogens is 257 g/mol. The molecule has 0 atom stereocenters. The third-order valence-corrected chi connectivity index (χ3v) is 2.41. The molecule has 1 N–H and O–H groups in total. The lowest BCUT2D eigenvalue weighted by atomic mass is 10.1. The van der Waals surface area contributed by atoms with Gasteiger partial charge in [0.1, 0.15) is 0 Å². The number of amides is 1. The Labute approximate surface area is 107 Å². The maximum absolute atomic E-state index is 13.4. The number of aryl methyl sites for hydroxylation is 1. The van der Waals surface area contributed by atoms with Crippen LogP contribution < -0.4 is 5.32 Å². The molecule has 2 aromatic rings. The predicted molar refractivity (Wildman–Crippen MR) is 63.2 cm³/mol. The summed E-state index contributed by atoms with van der Waals surface area (Å²) in [6.07, 6.45) is 2.94. The van der Waals surface area contributed by atoms with Crippen LogP contribution in [0.3, 0.4) is 0 Å². The van der Waals surface area contributed by atoms with Gasteiger partial charge in [-0.3, -0.25) is 9.78 Å². The fraction of sp³-hybridized carbons (Fsp3) is 0.0769. The first-order chi connectivity index (χ1) is 8.99. The molecule has 0 aliphatic heterocycles. The molecular formula is C13H9F3N2O. The molecule has 0 saturated carbocycles. The van der Waals surface area contributed by atoms with Crippen molar-refractivity contribution in [2.75, 3.05) is 5.32 Å². The van der Waals surface area contributed by atoms with E-state index >= 15 is 0 Å². The van der Waals surface area contributed by atoms with E-state index in [0.717, 1.165) is 11.6 Å². The molecule has 0 bridgehead atoms. The van der Waals surface area contributed by atoms with Gasteiger partial charge in [0.05, 0.1) is 17.4 Å². The maximum atomic E-state index is 13.4. The van der Waals surface area contributed by atoms with Gasteiger partial charge in [0.25, 0.3) is 5.91 Å². The standard InChI is InChI=1S/C13H9F3N2O/c1-7-4-8(6-17-5-7)18-13(19)9-2-3-10(14)12(16)11(9)15/h2-6H,1H3,(H,18,19). The maximum Gasteiger partial charge on any atom is 0.258 e. The molecule has 1 amide bonds. The van der Waals surface area contributed by atoms with E-state index in [1.807, 2.05) is 0 Å². The summed E-state index contributed by atoms with van der Waals surface area (Å²) >= 11 is 0. The Kier molecular flexibility index (Phi) is 3.50. The zero-order valence-corrected chi connectivity index (χ0v) is 9.88. The second-order valence-electron chi connectivity index (χ2n) is 3.93. The summed E-state index contributed by atoms with van der Waals surface area (Å²) in [5.74, 6) is -5.40. The van der Waals surface area contributed by atoms with Gasteiger partial charge in [-0.2, -0.15) is 0 Å². The van der Waals surface area contributed by atoms with E-state index in [9.17, 15) is 18.0 Å². The third-order valence-electron chi connectivity index (χ3n) is 2.41. The summed E-state index contributed by atoms with van der Waals surface area (Å²) < 4.78 is 39.2. The molecule has 0 aliphatic rings. The van der Waals surface area contributed by atoms with Gasteiger partial charge >= 0.3 is 0 Å². The van der Waals surface area contributed by atoms with Crippen molar-refractivity contribution < 1.29 is 18.0 Å². The Bertz CT molecular complexity index is 644. The van der Waals surface area contributed by atoms with Crippen LogP contribution >= 0.6 is 0 Å². The molecule has 98 valence electrons. The van der Waals surface area contributed by atoms with Crippen molar-refractivity contribution in [3.63, 3.8) is 0 Å². The molecule has 0 unspecified atom stereocenters. The highest BCUT2D eigenvalue weighted by Gasteiger charge is 2.18. The van der Waals surface area contributed by atoms with E-state index in [1.54, 1.807) is 19.2 Å². The topological polar surface area (TPSA) is 42.0 Å². The van der Waals surface area contributed by atoms with Crippen molar-refractivity contribution in [3.8, 4) is 0 Å². The molecule has 0 spiro atoms. The lowest BCUT2D eigenvalue weighted by Crippen LogP contribution is -2.15. The van der Waals surface area contributed by atoms with E-state index in [1.165, 1.54) is 6.20 Å². The highest BCUT2D eigenvalue weighted by molar-refractivity contribution is 6.04. The van der Waals surface area contributed by atoms with Crippen LogP contribution in [0.25, 0.3) is 0 Å². The van der Waals surface area contributed by atoms with E-state index in [-0.39, 0.29) is 0 Å². The number of nitrogens with zero attached hydrogens (tertiary/aromatic N) is 1. The summed E-state index contributed by atoms with van der Waals surface area (Å²) in [6.45, 7) is 1.76. The van der Waals surface area contributed by atoms with Crippen molar-refractivity contribution in [3.05, 3.63) is 59.2 Å². The molecule has 1 aromatic heterocycles. The van der Waals surface area contributed by atoms with Gasteiger partial charge in [0.15, 0.2) is 17.5 Å². The van der Waals surface area contributed by atoms with Crippen LogP contribution in [-0.2, 0) is 0 Å². The van der Waals surface area contributed by atoms with Gasteiger partial charge in [-0.05, 0) is 30.7 Å². The quantitative estimate of drug-likeness (QED) is 0.849. The number of hydrogen-bond donors (Lipinski definition) is 1. The van der Waals surface area contributed by atoms with Gasteiger partial charge in [-0.25, -0.2) is 13.2 Å². The van der Waals surface area contributed by atoms with Crippen LogP contribution in [-0.4, -0.2) is 10.9 Å². The van der Waals surface area contributed by atoms with Crippen LogP contribution in [0, 0.1) is 24.4 Å². The zero-order valence-electron chi connectivity index (χ0n) is 9.88. The SMILES string of the molecule is Cc1cncc(NC(=O)c2ccc(F)c(F)c2F)c1. The van der Waals surface area contributed by atoms with Crippen molar-refractivity contribution in [2.24, 2.45) is 0 Å². The van der Waals surface area contributed by atoms with Crippen LogP contribution in [0.2, 0.25) is 0 Å². The summed E-state index contributed by atoms with van der Waals surface area (Å²) in [4.78, 5) is 15.6. The average molecular weight is 266 g/mol. The normalized spacial score (nSPS) is 10.3. The van der Waals surface area contributed by atoms with E-state index in [2.05, 4.69) is 10.3 Å². The number of rotatable bonds is 2. The molecule has 0 aliphatic carbocycles. The number of carbonyl (C=O) groups is 1. The Morgan fingerprint density at radius 2 is 1.89 bits per heavy atom. The van der Waals surface area contributed by atoms with Gasteiger partial charge in [0, 0.05) is 6.20 Å². The summed E-state index contributed by atoms with van der Waals surface area (Å²) in [6, 6.07) is 3.19. The highest BCUT2D eigenvalue weighted by Crippen LogP contribution is 2.17. The molecule has 1 heterocycles. The Hall–Kier alpha value is -2.37. The summed E-state index contributed by atoms with van der Waals surface area (Å²) in [5.41, 5.74) is 0.568. The molecule has 2 rings (SSSR count). The number of carbonyl (C=O) groups excluding carboxylic acids is 1. The molecule has 6 heteroatoms. The first-order valence-corrected chi connectivity index (χ1v) is 5.35. The Morgan fingerprint density at radius 1 is 1.16 bits per heavy atom. The van der Waals surface area contributed by atoms with Crippen LogP contribution in [0.15, 0.2) is 30.6 Å². The fourth-order valence-electron chi connectivity index (χ4n) is 1.52. The lowest BCUT2D eigenvalue weighted by molar-refractivity contribution is 0.102. The molecule has 0 saturated heterocycles.